The smallest absolute Gasteiger partial charge is 0.346 e. The first-order valence-corrected chi connectivity index (χ1v) is 6.90. The Hall–Kier alpha value is -2.88. The number of alkyl halides is 3. The maximum absolute atomic E-state index is 13.1. The summed E-state index contributed by atoms with van der Waals surface area (Å²) in [5, 5.41) is 11.3. The van der Waals surface area contributed by atoms with Crippen LogP contribution in [-0.4, -0.2) is 5.91 Å². The van der Waals surface area contributed by atoms with Crippen molar-refractivity contribution in [2.75, 3.05) is 0 Å². The Kier molecular flexibility index (Phi) is 4.88. The van der Waals surface area contributed by atoms with E-state index in [9.17, 15) is 22.4 Å². The highest BCUT2D eigenvalue weighted by Gasteiger charge is 2.35. The SMILES string of the molecule is CC(NC(=O)c1ccc(F)cc1C(F)(F)F)c1cccc(C#N)c1. The highest BCUT2D eigenvalue weighted by molar-refractivity contribution is 5.96. The first-order valence-electron chi connectivity index (χ1n) is 6.90. The number of benzene rings is 2. The van der Waals surface area contributed by atoms with Gasteiger partial charge in [0.05, 0.1) is 28.8 Å². The summed E-state index contributed by atoms with van der Waals surface area (Å²) in [7, 11) is 0. The Morgan fingerprint density at radius 3 is 2.54 bits per heavy atom. The molecular formula is C17H12F4N2O. The van der Waals surface area contributed by atoms with Crippen molar-refractivity contribution in [2.24, 2.45) is 0 Å². The Labute approximate surface area is 135 Å². The van der Waals surface area contributed by atoms with Gasteiger partial charge in [-0.2, -0.15) is 18.4 Å². The van der Waals surface area contributed by atoms with Crippen LogP contribution in [0.1, 0.15) is 40.0 Å². The first-order chi connectivity index (χ1) is 11.2. The number of nitrogens with one attached hydrogen (secondary N) is 1. The molecule has 0 fully saturated rings. The Morgan fingerprint density at radius 1 is 1.21 bits per heavy atom. The standard InChI is InChI=1S/C17H12F4N2O/c1-10(12-4-2-3-11(7-12)9-22)23-16(24)14-6-5-13(18)8-15(14)17(19,20)21/h2-8,10H,1H3,(H,23,24). The van der Waals surface area contributed by atoms with Gasteiger partial charge in [-0.05, 0) is 42.8 Å². The van der Waals surface area contributed by atoms with Crippen LogP contribution in [0.2, 0.25) is 0 Å². The summed E-state index contributed by atoms with van der Waals surface area (Å²) in [6.45, 7) is 1.57. The van der Waals surface area contributed by atoms with E-state index in [2.05, 4.69) is 5.32 Å². The molecule has 0 saturated heterocycles. The number of amides is 1. The van der Waals surface area contributed by atoms with Gasteiger partial charge in [0.25, 0.3) is 5.91 Å². The van der Waals surface area contributed by atoms with Crippen molar-refractivity contribution in [1.29, 1.82) is 5.26 Å². The molecule has 0 aliphatic rings. The molecule has 1 N–H and O–H groups in total. The third-order valence-electron chi connectivity index (χ3n) is 3.39. The summed E-state index contributed by atoms with van der Waals surface area (Å²) in [5.74, 6) is -2.05. The fourth-order valence-corrected chi connectivity index (χ4v) is 2.18. The number of rotatable bonds is 3. The number of hydrogen-bond acceptors (Lipinski definition) is 2. The third-order valence-corrected chi connectivity index (χ3v) is 3.39. The maximum atomic E-state index is 13.1. The highest BCUT2D eigenvalue weighted by atomic mass is 19.4. The van der Waals surface area contributed by atoms with Crippen molar-refractivity contribution in [3.05, 3.63) is 70.5 Å². The van der Waals surface area contributed by atoms with Crippen molar-refractivity contribution < 1.29 is 22.4 Å². The first kappa shape index (κ1) is 17.5. The molecule has 2 aromatic rings. The second-order valence-corrected chi connectivity index (χ2v) is 5.12. The molecule has 0 radical (unpaired) electrons. The predicted octanol–water partition coefficient (Wildman–Crippen LogP) is 4.21. The molecule has 124 valence electrons. The second kappa shape index (κ2) is 6.71. The number of nitriles is 1. The predicted molar refractivity (Wildman–Crippen MR) is 78.4 cm³/mol. The van der Waals surface area contributed by atoms with Gasteiger partial charge in [0.2, 0.25) is 0 Å². The van der Waals surface area contributed by atoms with E-state index in [1.807, 2.05) is 6.07 Å². The minimum Gasteiger partial charge on any atom is -0.346 e. The monoisotopic (exact) mass is 336 g/mol. The van der Waals surface area contributed by atoms with Crippen LogP contribution in [0.3, 0.4) is 0 Å². The minimum atomic E-state index is -4.85. The molecule has 0 saturated carbocycles. The Morgan fingerprint density at radius 2 is 1.92 bits per heavy atom. The van der Waals surface area contributed by atoms with Crippen LogP contribution in [0.25, 0.3) is 0 Å². The molecule has 1 unspecified atom stereocenters. The van der Waals surface area contributed by atoms with Gasteiger partial charge in [-0.15, -0.1) is 0 Å². The number of hydrogen-bond donors (Lipinski definition) is 1. The molecule has 0 bridgehead atoms. The average Bonchev–Trinajstić information content (AvgIpc) is 2.53. The van der Waals surface area contributed by atoms with Gasteiger partial charge in [0, 0.05) is 0 Å². The summed E-state index contributed by atoms with van der Waals surface area (Å²) in [5.41, 5.74) is -1.06. The normalized spacial score (nSPS) is 12.3. The van der Waals surface area contributed by atoms with E-state index in [0.717, 1.165) is 12.1 Å². The molecule has 2 aromatic carbocycles. The Bertz CT molecular complexity index is 809. The molecular weight excluding hydrogens is 324 g/mol. The summed E-state index contributed by atoms with van der Waals surface area (Å²) in [6, 6.07) is 9.54. The van der Waals surface area contributed by atoms with Gasteiger partial charge in [-0.25, -0.2) is 4.39 Å². The topological polar surface area (TPSA) is 52.9 Å². The van der Waals surface area contributed by atoms with Crippen LogP contribution in [-0.2, 0) is 6.18 Å². The zero-order valence-corrected chi connectivity index (χ0v) is 12.5. The molecule has 0 aliphatic carbocycles. The number of nitrogens with zero attached hydrogens (tertiary/aromatic N) is 1. The average molecular weight is 336 g/mol. The van der Waals surface area contributed by atoms with Gasteiger partial charge >= 0.3 is 6.18 Å². The lowest BCUT2D eigenvalue weighted by atomic mass is 10.0. The van der Waals surface area contributed by atoms with Crippen LogP contribution in [0.15, 0.2) is 42.5 Å². The molecule has 24 heavy (non-hydrogen) atoms. The molecule has 1 atom stereocenters. The van der Waals surface area contributed by atoms with Crippen molar-refractivity contribution >= 4 is 5.91 Å². The minimum absolute atomic E-state index is 0.288. The highest BCUT2D eigenvalue weighted by Crippen LogP contribution is 2.32. The third kappa shape index (κ3) is 3.90. The lowest BCUT2D eigenvalue weighted by molar-refractivity contribution is -0.138. The van der Waals surface area contributed by atoms with Crippen molar-refractivity contribution in [3.63, 3.8) is 0 Å². The van der Waals surface area contributed by atoms with E-state index in [-0.39, 0.29) is 6.07 Å². The van der Waals surface area contributed by atoms with E-state index in [1.54, 1.807) is 25.1 Å². The van der Waals surface area contributed by atoms with E-state index in [1.165, 1.54) is 6.07 Å². The molecule has 0 spiro atoms. The van der Waals surface area contributed by atoms with Crippen LogP contribution in [0.4, 0.5) is 17.6 Å². The lowest BCUT2D eigenvalue weighted by Gasteiger charge is -2.17. The summed E-state index contributed by atoms with van der Waals surface area (Å²) in [6.07, 6.45) is -4.85. The molecule has 2 rings (SSSR count). The van der Waals surface area contributed by atoms with Gasteiger partial charge < -0.3 is 5.32 Å². The van der Waals surface area contributed by atoms with E-state index in [4.69, 9.17) is 5.26 Å². The van der Waals surface area contributed by atoms with Gasteiger partial charge in [0.15, 0.2) is 0 Å². The van der Waals surface area contributed by atoms with Crippen LogP contribution >= 0.6 is 0 Å². The lowest BCUT2D eigenvalue weighted by Crippen LogP contribution is -2.29. The molecule has 1 amide bonds. The van der Waals surface area contributed by atoms with Gasteiger partial charge in [0.1, 0.15) is 5.82 Å². The molecule has 0 heterocycles. The summed E-state index contributed by atoms with van der Waals surface area (Å²) in [4.78, 5) is 12.2. The van der Waals surface area contributed by atoms with Gasteiger partial charge in [-0.1, -0.05) is 12.1 Å². The quantitative estimate of drug-likeness (QED) is 0.854. The van der Waals surface area contributed by atoms with E-state index in [0.29, 0.717) is 11.1 Å². The van der Waals surface area contributed by atoms with Crippen LogP contribution < -0.4 is 5.32 Å². The number of carbonyl (C=O) groups excluding carboxylic acids is 1. The van der Waals surface area contributed by atoms with Crippen LogP contribution in [0.5, 0.6) is 0 Å². The van der Waals surface area contributed by atoms with E-state index < -0.39 is 35.1 Å². The van der Waals surface area contributed by atoms with Gasteiger partial charge in [-0.3, -0.25) is 4.79 Å². The fraction of sp³-hybridized carbons (Fsp3) is 0.176. The molecule has 0 aliphatic heterocycles. The summed E-state index contributed by atoms with van der Waals surface area (Å²) >= 11 is 0. The van der Waals surface area contributed by atoms with Crippen molar-refractivity contribution in [2.45, 2.75) is 19.1 Å². The summed E-state index contributed by atoms with van der Waals surface area (Å²) < 4.78 is 52.0. The largest absolute Gasteiger partial charge is 0.417 e. The zero-order chi connectivity index (χ0) is 17.9. The fourth-order valence-electron chi connectivity index (χ4n) is 2.18. The number of carbonyl (C=O) groups is 1. The molecule has 0 aromatic heterocycles. The molecule has 7 heteroatoms. The van der Waals surface area contributed by atoms with E-state index >= 15 is 0 Å². The molecule has 3 nitrogen and oxygen atoms in total. The van der Waals surface area contributed by atoms with Crippen molar-refractivity contribution in [3.8, 4) is 6.07 Å². The second-order valence-electron chi connectivity index (χ2n) is 5.12. The van der Waals surface area contributed by atoms with Crippen molar-refractivity contribution in [1.82, 2.24) is 5.32 Å². The Balaban J connectivity index is 2.28. The zero-order valence-electron chi connectivity index (χ0n) is 12.5. The number of halogens is 4. The van der Waals surface area contributed by atoms with Crippen LogP contribution in [0, 0.1) is 17.1 Å². The maximum Gasteiger partial charge on any atom is 0.417 e.